The van der Waals surface area contributed by atoms with Crippen molar-refractivity contribution in [3.63, 3.8) is 0 Å². The monoisotopic (exact) mass is 395 g/mol. The maximum absolute atomic E-state index is 13.5. The molecule has 150 valence electrons. The predicted molar refractivity (Wildman–Crippen MR) is 107 cm³/mol. The van der Waals surface area contributed by atoms with Crippen LogP contribution in [0.15, 0.2) is 48.0 Å². The van der Waals surface area contributed by atoms with E-state index in [2.05, 4.69) is 11.0 Å². The van der Waals surface area contributed by atoms with E-state index in [9.17, 15) is 13.6 Å². The topological polar surface area (TPSA) is 29.5 Å². The van der Waals surface area contributed by atoms with Crippen LogP contribution >= 0.6 is 0 Å². The van der Waals surface area contributed by atoms with Crippen LogP contribution in [-0.2, 0) is 9.53 Å². The molecule has 0 aliphatic carbocycles. The molecular weight excluding hydrogens is 372 g/mol. The smallest absolute Gasteiger partial charge is 0.310 e. The maximum Gasteiger partial charge on any atom is 0.310 e. The molecule has 3 nitrogen and oxygen atoms in total. The van der Waals surface area contributed by atoms with Crippen molar-refractivity contribution in [3.8, 4) is 11.1 Å². The summed E-state index contributed by atoms with van der Waals surface area (Å²) in [5.74, 6) is -1.10. The van der Waals surface area contributed by atoms with Gasteiger partial charge in [-0.1, -0.05) is 35.9 Å². The Morgan fingerprint density at radius 3 is 2.48 bits per heavy atom. The Morgan fingerprint density at radius 1 is 1.07 bits per heavy atom. The van der Waals surface area contributed by atoms with Gasteiger partial charge >= 0.3 is 5.97 Å². The van der Waals surface area contributed by atoms with Crippen LogP contribution in [-0.4, -0.2) is 36.6 Å². The van der Waals surface area contributed by atoms with Crippen LogP contribution in [0.3, 0.4) is 0 Å². The Morgan fingerprint density at radius 2 is 1.79 bits per heavy atom. The molecular formula is C24H23F2NO2. The Balaban J connectivity index is 1.43. The molecule has 5 atom stereocenters. The van der Waals surface area contributed by atoms with E-state index in [1.807, 2.05) is 24.3 Å². The first-order valence-corrected chi connectivity index (χ1v) is 10.1. The van der Waals surface area contributed by atoms with Gasteiger partial charge in [-0.05, 0) is 54.0 Å². The third-order valence-corrected chi connectivity index (χ3v) is 6.84. The fourth-order valence-corrected chi connectivity index (χ4v) is 5.59. The lowest BCUT2D eigenvalue weighted by Crippen LogP contribution is -2.58. The molecule has 1 unspecified atom stereocenters. The van der Waals surface area contributed by atoms with Crippen LogP contribution in [0, 0.1) is 23.5 Å². The minimum Gasteiger partial charge on any atom is -0.469 e. The van der Waals surface area contributed by atoms with Crippen molar-refractivity contribution in [2.45, 2.75) is 31.3 Å². The SMILES string of the molecule is COC(=O)[C@H]1[C@@H]2C[C@@H]3CC[C@H]1N3C/C2=C\c1ccc(-c2cc(F)cc(F)c2)cc1. The molecule has 0 spiro atoms. The second kappa shape index (κ2) is 7.06. The number of halogens is 2. The molecule has 0 amide bonds. The molecule has 4 bridgehead atoms. The van der Waals surface area contributed by atoms with Crippen LogP contribution in [0.1, 0.15) is 24.8 Å². The summed E-state index contributed by atoms with van der Waals surface area (Å²) >= 11 is 0. The van der Waals surface area contributed by atoms with Crippen LogP contribution in [0.2, 0.25) is 0 Å². The highest BCUT2D eigenvalue weighted by Gasteiger charge is 2.55. The molecule has 2 aromatic rings. The van der Waals surface area contributed by atoms with E-state index < -0.39 is 11.6 Å². The molecule has 4 heterocycles. The first-order chi connectivity index (χ1) is 14.0. The molecule has 0 saturated carbocycles. The van der Waals surface area contributed by atoms with E-state index in [-0.39, 0.29) is 17.8 Å². The fourth-order valence-electron chi connectivity index (χ4n) is 5.59. The highest BCUT2D eigenvalue weighted by atomic mass is 19.1. The number of nitrogens with zero attached hydrogens (tertiary/aromatic N) is 1. The second-order valence-corrected chi connectivity index (χ2v) is 8.36. The number of hydrogen-bond acceptors (Lipinski definition) is 3. The number of piperidine rings is 3. The average Bonchev–Trinajstić information content (AvgIpc) is 3.02. The van der Waals surface area contributed by atoms with Crippen molar-refractivity contribution in [1.82, 2.24) is 4.90 Å². The number of methoxy groups -OCH3 is 1. The molecule has 6 rings (SSSR count). The molecule has 4 fully saturated rings. The van der Waals surface area contributed by atoms with E-state index in [1.165, 1.54) is 31.2 Å². The Bertz CT molecular complexity index is 965. The molecule has 4 aliphatic heterocycles. The van der Waals surface area contributed by atoms with Gasteiger partial charge in [-0.3, -0.25) is 9.69 Å². The normalized spacial score (nSPS) is 31.3. The lowest BCUT2D eigenvalue weighted by Gasteiger charge is -2.50. The number of benzene rings is 2. The molecule has 2 aromatic carbocycles. The maximum atomic E-state index is 13.5. The van der Waals surface area contributed by atoms with Gasteiger partial charge in [0.2, 0.25) is 0 Å². The van der Waals surface area contributed by atoms with Crippen LogP contribution in [0.4, 0.5) is 8.78 Å². The number of ether oxygens (including phenoxy) is 1. The highest BCUT2D eigenvalue weighted by molar-refractivity contribution is 5.76. The number of fused-ring (bicyclic) bond motifs is 1. The van der Waals surface area contributed by atoms with Crippen molar-refractivity contribution in [2.24, 2.45) is 11.8 Å². The van der Waals surface area contributed by atoms with Gasteiger partial charge < -0.3 is 4.74 Å². The van der Waals surface area contributed by atoms with Crippen molar-refractivity contribution < 1.29 is 18.3 Å². The summed E-state index contributed by atoms with van der Waals surface area (Å²) in [5.41, 5.74) is 3.60. The van der Waals surface area contributed by atoms with Crippen molar-refractivity contribution in [3.05, 3.63) is 65.2 Å². The minimum atomic E-state index is -0.582. The van der Waals surface area contributed by atoms with E-state index in [0.717, 1.165) is 36.6 Å². The molecule has 0 aromatic heterocycles. The van der Waals surface area contributed by atoms with Gasteiger partial charge in [-0.25, -0.2) is 8.78 Å². The number of rotatable bonds is 3. The standard InChI is InChI=1S/C24H23F2NO2/c1-29-24(28)23-21-12-20-6-7-22(23)27(20)13-17(21)8-14-2-4-15(5-3-14)16-9-18(25)11-19(26)10-16/h2-5,8-11,20-23H,6-7,12-13H2,1H3/b17-8+/t20-,21+,22+,23-/m0/s1. The summed E-state index contributed by atoms with van der Waals surface area (Å²) < 4.78 is 32.1. The minimum absolute atomic E-state index is 0.0757. The van der Waals surface area contributed by atoms with Crippen LogP contribution < -0.4 is 0 Å². The lowest BCUT2D eigenvalue weighted by molar-refractivity contribution is -0.153. The lowest BCUT2D eigenvalue weighted by atomic mass is 9.71. The van der Waals surface area contributed by atoms with E-state index >= 15 is 0 Å². The van der Waals surface area contributed by atoms with Gasteiger partial charge in [-0.2, -0.15) is 0 Å². The van der Waals surface area contributed by atoms with Crippen LogP contribution in [0.5, 0.6) is 0 Å². The highest BCUT2D eigenvalue weighted by Crippen LogP contribution is 2.50. The zero-order chi connectivity index (χ0) is 20.1. The van der Waals surface area contributed by atoms with Gasteiger partial charge in [0.25, 0.3) is 0 Å². The second-order valence-electron chi connectivity index (χ2n) is 8.36. The number of esters is 1. The Hall–Kier alpha value is -2.53. The van der Waals surface area contributed by atoms with Crippen molar-refractivity contribution >= 4 is 12.0 Å². The summed E-state index contributed by atoms with van der Waals surface area (Å²) in [4.78, 5) is 14.9. The molecule has 4 aliphatic rings. The van der Waals surface area contributed by atoms with E-state index in [1.54, 1.807) is 0 Å². The van der Waals surface area contributed by atoms with Gasteiger partial charge in [-0.15, -0.1) is 0 Å². The molecule has 0 N–H and O–H groups in total. The van der Waals surface area contributed by atoms with E-state index in [4.69, 9.17) is 4.74 Å². The number of carbonyl (C=O) groups excluding carboxylic acids is 1. The Labute approximate surface area is 169 Å². The summed E-state index contributed by atoms with van der Waals surface area (Å²) in [6, 6.07) is 12.1. The third-order valence-electron chi connectivity index (χ3n) is 6.84. The quantitative estimate of drug-likeness (QED) is 0.708. The number of carbonyl (C=O) groups is 1. The number of hydrogen-bond donors (Lipinski definition) is 0. The summed E-state index contributed by atoms with van der Waals surface area (Å²) in [6.07, 6.45) is 5.43. The Kier molecular flexibility index (Phi) is 4.50. The van der Waals surface area contributed by atoms with Gasteiger partial charge in [0.15, 0.2) is 0 Å². The largest absolute Gasteiger partial charge is 0.469 e. The molecule has 4 saturated heterocycles. The average molecular weight is 395 g/mol. The van der Waals surface area contributed by atoms with Crippen molar-refractivity contribution in [1.29, 1.82) is 0 Å². The van der Waals surface area contributed by atoms with Gasteiger partial charge in [0, 0.05) is 24.7 Å². The predicted octanol–water partition coefficient (Wildman–Crippen LogP) is 4.67. The summed E-state index contributed by atoms with van der Waals surface area (Å²) in [7, 11) is 1.48. The molecule has 5 heteroatoms. The first kappa shape index (κ1) is 18.5. The van der Waals surface area contributed by atoms with Gasteiger partial charge in [0.1, 0.15) is 11.6 Å². The summed E-state index contributed by atoms with van der Waals surface area (Å²) in [5, 5.41) is 0. The fraction of sp³-hybridized carbons (Fsp3) is 0.375. The first-order valence-electron chi connectivity index (χ1n) is 10.1. The van der Waals surface area contributed by atoms with E-state index in [0.29, 0.717) is 17.6 Å². The third kappa shape index (κ3) is 3.18. The molecule has 0 radical (unpaired) electrons. The molecule has 29 heavy (non-hydrogen) atoms. The van der Waals surface area contributed by atoms with Gasteiger partial charge in [0.05, 0.1) is 13.0 Å². The zero-order valence-electron chi connectivity index (χ0n) is 16.3. The van der Waals surface area contributed by atoms with Crippen molar-refractivity contribution in [2.75, 3.05) is 13.7 Å². The summed E-state index contributed by atoms with van der Waals surface area (Å²) in [6.45, 7) is 0.907. The zero-order valence-corrected chi connectivity index (χ0v) is 16.3. The van der Waals surface area contributed by atoms with Crippen LogP contribution in [0.25, 0.3) is 17.2 Å².